The highest BCUT2D eigenvalue weighted by Gasteiger charge is 2.28. The van der Waals surface area contributed by atoms with Crippen molar-refractivity contribution in [1.29, 1.82) is 0 Å². The van der Waals surface area contributed by atoms with Crippen LogP contribution in [-0.2, 0) is 42.7 Å². The summed E-state index contributed by atoms with van der Waals surface area (Å²) in [6.07, 6.45) is 1.69. The fourth-order valence-electron chi connectivity index (χ4n) is 3.09. The van der Waals surface area contributed by atoms with Crippen molar-refractivity contribution in [2.45, 2.75) is 25.2 Å². The minimum absolute atomic E-state index is 0.0352. The molecule has 1 amide bonds. The number of esters is 1. The van der Waals surface area contributed by atoms with Crippen molar-refractivity contribution >= 4 is 17.7 Å². The van der Waals surface area contributed by atoms with Crippen molar-refractivity contribution in [2.24, 2.45) is 0 Å². The molecule has 2 heterocycles. The first-order valence-corrected chi connectivity index (χ1v) is 11.6. The Morgan fingerprint density at radius 3 is 2.47 bits per heavy atom. The van der Waals surface area contributed by atoms with Crippen LogP contribution < -0.4 is 11.0 Å². The Kier molecular flexibility index (Phi) is 14.8. The first-order chi connectivity index (χ1) is 17.5. The van der Waals surface area contributed by atoms with Gasteiger partial charge < -0.3 is 43.6 Å². The third kappa shape index (κ3) is 12.0. The Morgan fingerprint density at radius 2 is 1.75 bits per heavy atom. The normalized spacial score (nSPS) is 17.3. The fraction of sp³-hybridized carbons (Fsp3) is 0.727. The lowest BCUT2D eigenvalue weighted by atomic mass is 10.2. The van der Waals surface area contributed by atoms with Crippen molar-refractivity contribution in [2.75, 3.05) is 85.1 Å². The first-order valence-electron chi connectivity index (χ1n) is 11.6. The van der Waals surface area contributed by atoms with Crippen LogP contribution in [0, 0.1) is 0 Å². The van der Waals surface area contributed by atoms with Crippen molar-refractivity contribution in [3.63, 3.8) is 0 Å². The molecule has 0 aliphatic carbocycles. The molecule has 0 spiro atoms. The van der Waals surface area contributed by atoms with E-state index in [1.165, 1.54) is 16.8 Å². The third-order valence-electron chi connectivity index (χ3n) is 4.79. The van der Waals surface area contributed by atoms with Crippen LogP contribution in [0.4, 0.5) is 5.82 Å². The fourth-order valence-corrected chi connectivity index (χ4v) is 3.09. The second kappa shape index (κ2) is 17.9. The number of hydrogen-bond acceptors (Lipinski definition) is 12. The number of methoxy groups -OCH3 is 1. The lowest BCUT2D eigenvalue weighted by molar-refractivity contribution is -0.154. The predicted octanol–water partition coefficient (Wildman–Crippen LogP) is -0.892. The summed E-state index contributed by atoms with van der Waals surface area (Å²) in [5.74, 6) is -0.880. The van der Waals surface area contributed by atoms with E-state index in [9.17, 15) is 14.4 Å². The van der Waals surface area contributed by atoms with Crippen molar-refractivity contribution in [1.82, 2.24) is 9.55 Å². The van der Waals surface area contributed by atoms with E-state index in [4.69, 9.17) is 38.3 Å². The molecule has 0 unspecified atom stereocenters. The van der Waals surface area contributed by atoms with E-state index < -0.39 is 23.8 Å². The van der Waals surface area contributed by atoms with E-state index in [0.717, 1.165) is 0 Å². The van der Waals surface area contributed by atoms with Gasteiger partial charge in [-0.2, -0.15) is 4.98 Å². The molecule has 2 rings (SSSR count). The largest absolute Gasteiger partial charge is 0.461 e. The number of nitrogens with one attached hydrogen (secondary N) is 1. The quantitative estimate of drug-likeness (QED) is 0.172. The molecule has 36 heavy (non-hydrogen) atoms. The van der Waals surface area contributed by atoms with E-state index in [2.05, 4.69) is 10.3 Å². The molecule has 1 aromatic heterocycles. The number of anilines is 1. The Hall–Kier alpha value is -2.46. The summed E-state index contributed by atoms with van der Waals surface area (Å²) < 4.78 is 37.7. The van der Waals surface area contributed by atoms with Crippen molar-refractivity contribution in [3.8, 4) is 0 Å². The molecule has 0 aromatic carbocycles. The number of carbonyl (C=O) groups excluding carboxylic acids is 2. The minimum atomic E-state index is -0.584. The average Bonchev–Trinajstić information content (AvgIpc) is 3.33. The zero-order chi connectivity index (χ0) is 26.0. The summed E-state index contributed by atoms with van der Waals surface area (Å²) in [5, 5.41) is 11.1. The van der Waals surface area contributed by atoms with E-state index in [1.807, 2.05) is 0 Å². The number of amides is 1. The number of nitrogens with zero attached hydrogens (tertiary/aromatic N) is 2. The monoisotopic (exact) mass is 517 g/mol. The summed E-state index contributed by atoms with van der Waals surface area (Å²) in [4.78, 5) is 40.0. The van der Waals surface area contributed by atoms with E-state index in [-0.39, 0.29) is 64.8 Å². The summed E-state index contributed by atoms with van der Waals surface area (Å²) in [7, 11) is 1.58. The molecule has 1 fully saturated rings. The van der Waals surface area contributed by atoms with Gasteiger partial charge in [0, 0.05) is 13.3 Å². The number of carbonyl (C=O) groups is 2. The summed E-state index contributed by atoms with van der Waals surface area (Å²) in [6, 6.07) is 1.49. The standard InChI is InChI=1S/C22H35N3O11/c1-30-8-9-32-11-12-33-15-19(27)23-18-4-5-25(22(29)24-18)20-3-2-17(36-20)14-35-21(28)16-34-13-10-31-7-6-26/h4-5,17,20,26H,2-3,6-16H2,1H3,(H,23,24,27,29)/t17-,20+/m0/s1. The molecule has 0 radical (unpaired) electrons. The van der Waals surface area contributed by atoms with Crippen LogP contribution in [0.15, 0.2) is 17.1 Å². The van der Waals surface area contributed by atoms with Gasteiger partial charge in [0.05, 0.1) is 59.0 Å². The van der Waals surface area contributed by atoms with E-state index >= 15 is 0 Å². The molecule has 1 aromatic rings. The highest BCUT2D eigenvalue weighted by molar-refractivity contribution is 5.90. The van der Waals surface area contributed by atoms with Crippen LogP contribution in [0.2, 0.25) is 0 Å². The van der Waals surface area contributed by atoms with Gasteiger partial charge in [-0.05, 0) is 18.9 Å². The van der Waals surface area contributed by atoms with Crippen molar-refractivity contribution in [3.05, 3.63) is 22.7 Å². The molecule has 1 aliphatic rings. The van der Waals surface area contributed by atoms with Gasteiger partial charge in [-0.1, -0.05) is 0 Å². The van der Waals surface area contributed by atoms with Crippen LogP contribution >= 0.6 is 0 Å². The maximum absolute atomic E-state index is 12.4. The second-order valence-electron chi connectivity index (χ2n) is 7.57. The number of rotatable bonds is 19. The number of hydrogen-bond donors (Lipinski definition) is 2. The average molecular weight is 518 g/mol. The highest BCUT2D eigenvalue weighted by atomic mass is 16.6. The van der Waals surface area contributed by atoms with Crippen LogP contribution in [0.1, 0.15) is 19.1 Å². The zero-order valence-corrected chi connectivity index (χ0v) is 20.4. The number of aromatic nitrogens is 2. The topological polar surface area (TPSA) is 166 Å². The lowest BCUT2D eigenvalue weighted by Gasteiger charge is -2.16. The molecular formula is C22H35N3O11. The second-order valence-corrected chi connectivity index (χ2v) is 7.57. The maximum atomic E-state index is 12.4. The minimum Gasteiger partial charge on any atom is -0.461 e. The van der Waals surface area contributed by atoms with Gasteiger partial charge in [0.25, 0.3) is 5.91 Å². The van der Waals surface area contributed by atoms with Crippen LogP contribution in [0.3, 0.4) is 0 Å². The van der Waals surface area contributed by atoms with Gasteiger partial charge >= 0.3 is 11.7 Å². The number of ether oxygens (including phenoxy) is 7. The van der Waals surface area contributed by atoms with Crippen LogP contribution in [0.5, 0.6) is 0 Å². The smallest absolute Gasteiger partial charge is 0.351 e. The molecule has 1 saturated heterocycles. The van der Waals surface area contributed by atoms with Gasteiger partial charge in [-0.25, -0.2) is 9.59 Å². The van der Waals surface area contributed by atoms with Gasteiger partial charge in [-0.15, -0.1) is 0 Å². The molecule has 204 valence electrons. The number of aliphatic hydroxyl groups is 1. The molecule has 1 aliphatic heterocycles. The molecule has 2 atom stereocenters. The molecule has 0 bridgehead atoms. The molecule has 2 N–H and O–H groups in total. The summed E-state index contributed by atoms with van der Waals surface area (Å²) >= 11 is 0. The zero-order valence-electron chi connectivity index (χ0n) is 20.4. The van der Waals surface area contributed by atoms with Crippen LogP contribution in [-0.4, -0.2) is 112 Å². The Morgan fingerprint density at radius 1 is 1.06 bits per heavy atom. The van der Waals surface area contributed by atoms with E-state index in [1.54, 1.807) is 7.11 Å². The Labute approximate surface area is 208 Å². The Bertz CT molecular complexity index is 836. The van der Waals surface area contributed by atoms with Crippen LogP contribution in [0.25, 0.3) is 0 Å². The van der Waals surface area contributed by atoms with Gasteiger partial charge in [-0.3, -0.25) is 9.36 Å². The first kappa shape index (κ1) is 29.8. The SMILES string of the molecule is COCCOCCOCC(=O)Nc1ccn([C@H]2CC[C@@H](COC(=O)COCCOCCO)O2)c(=O)n1. The molecule has 14 heteroatoms. The van der Waals surface area contributed by atoms with Gasteiger partial charge in [0.1, 0.15) is 31.9 Å². The third-order valence-corrected chi connectivity index (χ3v) is 4.79. The number of aliphatic hydroxyl groups excluding tert-OH is 1. The summed E-state index contributed by atoms with van der Waals surface area (Å²) in [5.41, 5.74) is -0.584. The molecule has 14 nitrogen and oxygen atoms in total. The Balaban J connectivity index is 1.65. The maximum Gasteiger partial charge on any atom is 0.351 e. The predicted molar refractivity (Wildman–Crippen MR) is 123 cm³/mol. The van der Waals surface area contributed by atoms with Crippen molar-refractivity contribution < 1.29 is 47.9 Å². The van der Waals surface area contributed by atoms with E-state index in [0.29, 0.717) is 32.7 Å². The molecular weight excluding hydrogens is 482 g/mol. The molecule has 0 saturated carbocycles. The summed E-state index contributed by atoms with van der Waals surface area (Å²) in [6.45, 7) is 1.74. The van der Waals surface area contributed by atoms with Gasteiger partial charge in [0.15, 0.2) is 0 Å². The highest BCUT2D eigenvalue weighted by Crippen LogP contribution is 2.27. The van der Waals surface area contributed by atoms with Gasteiger partial charge in [0.2, 0.25) is 0 Å². The lowest BCUT2D eigenvalue weighted by Crippen LogP contribution is -2.29.